The summed E-state index contributed by atoms with van der Waals surface area (Å²) in [5, 5.41) is 12.4. The Morgan fingerprint density at radius 2 is 1.81 bits per heavy atom. The lowest BCUT2D eigenvalue weighted by Crippen LogP contribution is -2.10. The van der Waals surface area contributed by atoms with E-state index >= 15 is 0 Å². The molecule has 0 aliphatic heterocycles. The summed E-state index contributed by atoms with van der Waals surface area (Å²) in [4.78, 5) is 10.9. The van der Waals surface area contributed by atoms with Gasteiger partial charge in [0, 0.05) is 35.5 Å². The van der Waals surface area contributed by atoms with E-state index in [2.05, 4.69) is 30.4 Å². The van der Waals surface area contributed by atoms with E-state index in [4.69, 9.17) is 5.73 Å². The number of fused-ring (bicyclic) bond motifs is 1. The molecule has 5 rings (SSSR count). The first-order valence-electron chi connectivity index (χ1n) is 10.6. The second-order valence-corrected chi connectivity index (χ2v) is 7.83. The second kappa shape index (κ2) is 8.62. The maximum atomic E-state index is 14.2. The molecular formula is C22H16F5N9. The number of nitrogens with two attached hydrogens (primary N) is 1. The van der Waals surface area contributed by atoms with Crippen LogP contribution in [0.3, 0.4) is 0 Å². The Bertz CT molecular complexity index is 1560. The summed E-state index contributed by atoms with van der Waals surface area (Å²) in [7, 11) is 0. The van der Waals surface area contributed by atoms with Crippen LogP contribution in [0.25, 0.3) is 22.3 Å². The van der Waals surface area contributed by atoms with Gasteiger partial charge in [0.05, 0.1) is 17.6 Å². The quantitative estimate of drug-likeness (QED) is 0.360. The fourth-order valence-corrected chi connectivity index (χ4v) is 3.96. The molecule has 0 fully saturated rings. The van der Waals surface area contributed by atoms with Crippen LogP contribution in [0.2, 0.25) is 0 Å². The van der Waals surface area contributed by atoms with Crippen molar-refractivity contribution >= 4 is 11.3 Å². The molecule has 4 aromatic heterocycles. The van der Waals surface area contributed by atoms with Crippen LogP contribution in [0.1, 0.15) is 36.5 Å². The summed E-state index contributed by atoms with van der Waals surface area (Å²) in [6.45, 7) is 1.87. The molecule has 5 aromatic rings. The first kappa shape index (κ1) is 23.3. The van der Waals surface area contributed by atoms with Gasteiger partial charge in [-0.15, -0.1) is 5.10 Å². The predicted octanol–water partition coefficient (Wildman–Crippen LogP) is 4.19. The Balaban J connectivity index is 1.62. The molecule has 1 unspecified atom stereocenters. The van der Waals surface area contributed by atoms with E-state index in [-0.39, 0.29) is 17.1 Å². The molecule has 0 amide bonds. The third-order valence-corrected chi connectivity index (χ3v) is 5.62. The van der Waals surface area contributed by atoms with Gasteiger partial charge in [-0.1, -0.05) is 12.1 Å². The van der Waals surface area contributed by atoms with Crippen molar-refractivity contribution in [2.45, 2.75) is 25.4 Å². The minimum Gasteiger partial charge on any atom is -0.382 e. The van der Waals surface area contributed by atoms with E-state index in [1.54, 1.807) is 6.07 Å². The average Bonchev–Trinajstić information content (AvgIpc) is 3.48. The van der Waals surface area contributed by atoms with Crippen molar-refractivity contribution in [1.29, 1.82) is 0 Å². The standard InChI is InChI=1S/C22H16F5N9/c1-2-13(16-9-35(34-33-16)18-5-12(23)3-4-15(18)24)17-6-14(19-20(28)31-10-32-36(17)19)11-7-29-21(30-8-11)22(25,26)27/h3-10,13H,2H2,1H3,(H2,28,31,32). The van der Waals surface area contributed by atoms with E-state index in [0.29, 0.717) is 28.9 Å². The molecule has 1 atom stereocenters. The summed E-state index contributed by atoms with van der Waals surface area (Å²) in [6.07, 6.45) is 0.607. The highest BCUT2D eigenvalue weighted by Gasteiger charge is 2.34. The molecule has 0 spiro atoms. The van der Waals surface area contributed by atoms with Crippen LogP contribution in [-0.2, 0) is 6.18 Å². The molecule has 0 bridgehead atoms. The third-order valence-electron chi connectivity index (χ3n) is 5.62. The Labute approximate surface area is 199 Å². The molecule has 0 aliphatic carbocycles. The van der Waals surface area contributed by atoms with Gasteiger partial charge in [-0.05, 0) is 24.6 Å². The maximum Gasteiger partial charge on any atom is 0.451 e. The Morgan fingerprint density at radius 1 is 1.06 bits per heavy atom. The van der Waals surface area contributed by atoms with Crippen molar-refractivity contribution in [3.63, 3.8) is 0 Å². The van der Waals surface area contributed by atoms with Crippen LogP contribution >= 0.6 is 0 Å². The lowest BCUT2D eigenvalue weighted by atomic mass is 9.98. The van der Waals surface area contributed by atoms with Gasteiger partial charge >= 0.3 is 6.18 Å². The zero-order valence-corrected chi connectivity index (χ0v) is 18.4. The van der Waals surface area contributed by atoms with Crippen LogP contribution in [0.15, 0.2) is 49.2 Å². The summed E-state index contributed by atoms with van der Waals surface area (Å²) in [5.41, 5.74) is 8.01. The van der Waals surface area contributed by atoms with Gasteiger partial charge < -0.3 is 5.73 Å². The first-order chi connectivity index (χ1) is 17.2. The van der Waals surface area contributed by atoms with E-state index in [0.717, 1.165) is 35.3 Å². The number of hydrogen-bond acceptors (Lipinski definition) is 7. The molecule has 36 heavy (non-hydrogen) atoms. The number of nitrogen functional groups attached to an aromatic ring is 1. The minimum absolute atomic E-state index is 0.0893. The number of hydrogen-bond donors (Lipinski definition) is 1. The maximum absolute atomic E-state index is 14.2. The zero-order chi connectivity index (χ0) is 25.6. The summed E-state index contributed by atoms with van der Waals surface area (Å²) >= 11 is 0. The molecule has 0 aliphatic rings. The number of alkyl halides is 3. The lowest BCUT2D eigenvalue weighted by Gasteiger charge is -2.11. The number of halogens is 5. The topological polar surface area (TPSA) is 113 Å². The normalized spacial score (nSPS) is 12.8. The van der Waals surface area contributed by atoms with E-state index < -0.39 is 29.6 Å². The number of anilines is 1. The van der Waals surface area contributed by atoms with Crippen molar-refractivity contribution in [2.24, 2.45) is 0 Å². The summed E-state index contributed by atoms with van der Waals surface area (Å²) in [5.74, 6) is -2.94. The summed E-state index contributed by atoms with van der Waals surface area (Å²) in [6, 6.07) is 4.66. The van der Waals surface area contributed by atoms with Crippen molar-refractivity contribution in [3.05, 3.63) is 78.0 Å². The highest BCUT2D eigenvalue weighted by Crippen LogP contribution is 2.36. The summed E-state index contributed by atoms with van der Waals surface area (Å²) < 4.78 is 69.3. The molecule has 184 valence electrons. The predicted molar refractivity (Wildman–Crippen MR) is 117 cm³/mol. The highest BCUT2D eigenvalue weighted by molar-refractivity contribution is 5.88. The number of aromatic nitrogens is 8. The van der Waals surface area contributed by atoms with E-state index in [9.17, 15) is 22.0 Å². The molecule has 9 nitrogen and oxygen atoms in total. The van der Waals surface area contributed by atoms with Gasteiger partial charge in [0.25, 0.3) is 0 Å². The molecule has 0 radical (unpaired) electrons. The van der Waals surface area contributed by atoms with Crippen LogP contribution in [0, 0.1) is 11.6 Å². The van der Waals surface area contributed by atoms with Gasteiger partial charge in [-0.3, -0.25) is 0 Å². The Kier molecular flexibility index (Phi) is 5.57. The molecule has 0 saturated carbocycles. The molecule has 1 aromatic carbocycles. The van der Waals surface area contributed by atoms with Gasteiger partial charge in [0.1, 0.15) is 29.2 Å². The molecule has 4 heterocycles. The molecule has 0 saturated heterocycles. The van der Waals surface area contributed by atoms with Gasteiger partial charge in [-0.2, -0.15) is 18.3 Å². The van der Waals surface area contributed by atoms with Crippen molar-refractivity contribution in [2.75, 3.05) is 5.73 Å². The fourth-order valence-electron chi connectivity index (χ4n) is 3.96. The monoisotopic (exact) mass is 501 g/mol. The van der Waals surface area contributed by atoms with E-state index in [1.165, 1.54) is 17.0 Å². The van der Waals surface area contributed by atoms with Gasteiger partial charge in [-0.25, -0.2) is 32.9 Å². The van der Waals surface area contributed by atoms with Crippen LogP contribution in [0.5, 0.6) is 0 Å². The Morgan fingerprint density at radius 3 is 2.50 bits per heavy atom. The van der Waals surface area contributed by atoms with Crippen LogP contribution in [0.4, 0.5) is 27.8 Å². The lowest BCUT2D eigenvalue weighted by molar-refractivity contribution is -0.144. The van der Waals surface area contributed by atoms with Crippen molar-refractivity contribution in [1.82, 2.24) is 39.6 Å². The van der Waals surface area contributed by atoms with Gasteiger partial charge in [0.15, 0.2) is 5.82 Å². The van der Waals surface area contributed by atoms with Gasteiger partial charge in [0.2, 0.25) is 5.82 Å². The largest absolute Gasteiger partial charge is 0.451 e. The minimum atomic E-state index is -4.69. The molecule has 2 N–H and O–H groups in total. The fraction of sp³-hybridized carbons (Fsp3) is 0.182. The van der Waals surface area contributed by atoms with E-state index in [1.807, 2.05) is 6.92 Å². The van der Waals surface area contributed by atoms with Crippen LogP contribution in [-0.4, -0.2) is 39.6 Å². The van der Waals surface area contributed by atoms with Crippen LogP contribution < -0.4 is 5.73 Å². The number of nitrogens with zero attached hydrogens (tertiary/aromatic N) is 8. The molecular weight excluding hydrogens is 485 g/mol. The zero-order valence-electron chi connectivity index (χ0n) is 18.4. The smallest absolute Gasteiger partial charge is 0.382 e. The molecule has 14 heteroatoms. The average molecular weight is 501 g/mol. The third kappa shape index (κ3) is 3.99. The number of benzene rings is 1. The van der Waals surface area contributed by atoms with Crippen molar-refractivity contribution in [3.8, 4) is 16.8 Å². The first-order valence-corrected chi connectivity index (χ1v) is 10.6. The SMILES string of the molecule is CCC(c1cn(-c2cc(F)ccc2F)nn1)c1cc(-c2cnc(C(F)(F)F)nc2)c2c(N)ncnn12. The highest BCUT2D eigenvalue weighted by atomic mass is 19.4. The van der Waals surface area contributed by atoms with Crippen molar-refractivity contribution < 1.29 is 22.0 Å². The number of rotatable bonds is 5. The second-order valence-electron chi connectivity index (χ2n) is 7.83. The Hall–Kier alpha value is -4.49.